The summed E-state index contributed by atoms with van der Waals surface area (Å²) >= 11 is 0. The summed E-state index contributed by atoms with van der Waals surface area (Å²) in [5.41, 5.74) is 1.27. The third kappa shape index (κ3) is 3.51. The quantitative estimate of drug-likeness (QED) is 0.507. The van der Waals surface area contributed by atoms with Gasteiger partial charge in [0.2, 0.25) is 0 Å². The molecule has 2 aromatic heterocycles. The van der Waals surface area contributed by atoms with Crippen LogP contribution < -0.4 is 4.90 Å². The summed E-state index contributed by atoms with van der Waals surface area (Å²) in [4.78, 5) is 25.7. The second-order valence-corrected chi connectivity index (χ2v) is 9.68. The molecule has 0 spiro atoms. The van der Waals surface area contributed by atoms with Gasteiger partial charge in [-0.3, -0.25) is 0 Å². The molecule has 4 rings (SSSR count). The fourth-order valence-electron chi connectivity index (χ4n) is 3.87. The number of fused-ring (bicyclic) bond motifs is 2. The van der Waals surface area contributed by atoms with Crippen molar-refractivity contribution in [2.45, 2.75) is 51.2 Å². The summed E-state index contributed by atoms with van der Waals surface area (Å²) in [7, 11) is -1.69. The number of hydrogen-bond acceptors (Lipinski definition) is 9. The van der Waals surface area contributed by atoms with Gasteiger partial charge in [0.05, 0.1) is 0 Å². The van der Waals surface area contributed by atoms with E-state index in [-0.39, 0.29) is 6.61 Å². The summed E-state index contributed by atoms with van der Waals surface area (Å²) in [6.07, 6.45) is 2.34. The molecule has 0 radical (unpaired) electrons. The number of aliphatic hydroxyl groups is 1. The van der Waals surface area contributed by atoms with Gasteiger partial charge in [-0.25, -0.2) is 0 Å². The maximum absolute atomic E-state index is 10.8. The first kappa shape index (κ1) is 19.9. The zero-order valence-electron chi connectivity index (χ0n) is 16.4. The van der Waals surface area contributed by atoms with Crippen molar-refractivity contribution in [3.05, 3.63) is 12.7 Å². The Balaban J connectivity index is 1.66. The summed E-state index contributed by atoms with van der Waals surface area (Å²) in [6, 6.07) is 0. The third-order valence-corrected chi connectivity index (χ3v) is 6.49. The molecule has 4 atom stereocenters. The second-order valence-electron chi connectivity index (χ2n) is 7.36. The second kappa shape index (κ2) is 7.81. The van der Waals surface area contributed by atoms with E-state index >= 15 is 0 Å². The molecule has 0 aromatic carbocycles. The van der Waals surface area contributed by atoms with E-state index in [1.807, 2.05) is 0 Å². The van der Waals surface area contributed by atoms with Crippen LogP contribution in [0.2, 0.25) is 0 Å². The van der Waals surface area contributed by atoms with Gasteiger partial charge in [0.25, 0.3) is 0 Å². The molecular weight excluding hydrogens is 384 g/mol. The third-order valence-electron chi connectivity index (χ3n) is 5.08. The van der Waals surface area contributed by atoms with Crippen molar-refractivity contribution in [2.24, 2.45) is 0 Å². The minimum atomic E-state index is -3.23. The van der Waals surface area contributed by atoms with Crippen LogP contribution in [0.1, 0.15) is 32.9 Å². The Bertz CT molecular complexity index is 833. The van der Waals surface area contributed by atoms with Crippen molar-refractivity contribution < 1.29 is 23.8 Å². The van der Waals surface area contributed by atoms with E-state index < -0.39 is 32.4 Å². The van der Waals surface area contributed by atoms with Gasteiger partial charge in [0, 0.05) is 0 Å². The number of ether oxygens (including phenoxy) is 1. The molecule has 2 fully saturated rings. The summed E-state index contributed by atoms with van der Waals surface area (Å²) in [5.74, 6) is 0.785. The molecule has 28 heavy (non-hydrogen) atoms. The average Bonchev–Trinajstić information content (AvgIpc) is 3.22. The monoisotopic (exact) mass is 411 g/mol. The summed E-state index contributed by atoms with van der Waals surface area (Å²) < 4.78 is 18.6. The van der Waals surface area contributed by atoms with Crippen molar-refractivity contribution in [3.63, 3.8) is 0 Å². The SMILES string of the molecule is B[PH]1(O)OC[C@H]2O[C@@H](n3cnc4c(N(CCC)CCC)ncnc43)C(O)[C@H]2O1. The minimum absolute atomic E-state index is 0.186. The molecule has 2 aromatic rings. The van der Waals surface area contributed by atoms with Crippen LogP contribution in [0.25, 0.3) is 11.2 Å². The number of rotatable bonds is 6. The van der Waals surface area contributed by atoms with Gasteiger partial charge >= 0.3 is 164 Å². The summed E-state index contributed by atoms with van der Waals surface area (Å²) in [6.45, 7) is 6.20. The van der Waals surface area contributed by atoms with Gasteiger partial charge in [0.1, 0.15) is 0 Å². The maximum atomic E-state index is 10.8. The number of nitrogens with zero attached hydrogens (tertiary/aromatic N) is 5. The number of aliphatic hydroxyl groups excluding tert-OH is 1. The van der Waals surface area contributed by atoms with Crippen LogP contribution in [0.4, 0.5) is 5.82 Å². The Hall–Kier alpha value is -1.36. The molecule has 0 amide bonds. The van der Waals surface area contributed by atoms with E-state index in [1.54, 1.807) is 10.9 Å². The zero-order chi connectivity index (χ0) is 19.9. The Labute approximate surface area is 164 Å². The van der Waals surface area contributed by atoms with Crippen molar-refractivity contribution in [1.82, 2.24) is 19.5 Å². The molecule has 2 aliphatic heterocycles. The molecule has 2 saturated heterocycles. The van der Waals surface area contributed by atoms with E-state index in [2.05, 4.69) is 33.7 Å². The zero-order valence-corrected chi connectivity index (χ0v) is 17.4. The van der Waals surface area contributed by atoms with E-state index in [0.29, 0.717) is 11.2 Å². The predicted molar refractivity (Wildman–Crippen MR) is 108 cm³/mol. The van der Waals surface area contributed by atoms with E-state index in [4.69, 9.17) is 13.8 Å². The molecule has 10 nitrogen and oxygen atoms in total. The van der Waals surface area contributed by atoms with Gasteiger partial charge in [-0.05, 0) is 0 Å². The van der Waals surface area contributed by atoms with Crippen molar-refractivity contribution in [2.75, 3.05) is 24.6 Å². The van der Waals surface area contributed by atoms with E-state index in [0.717, 1.165) is 31.7 Å². The van der Waals surface area contributed by atoms with Crippen LogP contribution in [0, 0.1) is 0 Å². The number of hydrogen-bond donors (Lipinski definition) is 2. The Kier molecular flexibility index (Phi) is 5.57. The Morgan fingerprint density at radius 3 is 2.75 bits per heavy atom. The van der Waals surface area contributed by atoms with Crippen LogP contribution in [-0.2, 0) is 13.8 Å². The number of imidazole rings is 1. The molecule has 0 saturated carbocycles. The Morgan fingerprint density at radius 1 is 1.29 bits per heavy atom. The molecule has 2 aliphatic rings. The van der Waals surface area contributed by atoms with Gasteiger partial charge < -0.3 is 0 Å². The van der Waals surface area contributed by atoms with Crippen molar-refractivity contribution in [1.29, 1.82) is 0 Å². The molecule has 2 N–H and O–H groups in total. The fraction of sp³-hybridized carbons (Fsp3) is 0.688. The van der Waals surface area contributed by atoms with Gasteiger partial charge in [0.15, 0.2) is 0 Å². The molecular formula is C16H27BN5O5P. The standard InChI is InChI=1S/C16H27BN5O5P/c1-3-5-21(6-4-2)14-11-15(19-8-18-14)22(9-20-11)16-12(23)13-10(26-16)7-25-28(17,24)27-13/h8-10,12-13,16,23-24,28H,3-7,17H2,1-2H3/t10-,12?,13+,16-/m1/s1. The molecule has 154 valence electrons. The van der Waals surface area contributed by atoms with Crippen LogP contribution in [-0.4, -0.2) is 75.1 Å². The van der Waals surface area contributed by atoms with Crippen LogP contribution >= 0.6 is 7.82 Å². The van der Waals surface area contributed by atoms with Crippen LogP contribution in [0.5, 0.6) is 0 Å². The van der Waals surface area contributed by atoms with E-state index in [9.17, 15) is 10.00 Å². The number of anilines is 1. The van der Waals surface area contributed by atoms with Crippen molar-refractivity contribution in [3.8, 4) is 0 Å². The molecule has 1 unspecified atom stereocenters. The average molecular weight is 411 g/mol. The van der Waals surface area contributed by atoms with Crippen LogP contribution in [0.15, 0.2) is 12.7 Å². The van der Waals surface area contributed by atoms with Crippen molar-refractivity contribution >= 4 is 32.4 Å². The van der Waals surface area contributed by atoms with E-state index in [1.165, 1.54) is 13.9 Å². The molecule has 4 heterocycles. The molecule has 0 aliphatic carbocycles. The first-order valence-corrected chi connectivity index (χ1v) is 12.0. The topological polar surface area (TPSA) is 115 Å². The predicted octanol–water partition coefficient (Wildman–Crippen LogP) is 0.162. The first-order chi connectivity index (χ1) is 13.4. The van der Waals surface area contributed by atoms with Gasteiger partial charge in [-0.1, -0.05) is 0 Å². The summed E-state index contributed by atoms with van der Waals surface area (Å²) in [5, 5.41) is 10.8. The number of aromatic nitrogens is 4. The Morgan fingerprint density at radius 2 is 2.04 bits per heavy atom. The van der Waals surface area contributed by atoms with Gasteiger partial charge in [-0.15, -0.1) is 0 Å². The molecule has 12 heteroatoms. The van der Waals surface area contributed by atoms with Crippen LogP contribution in [0.3, 0.4) is 0 Å². The molecule has 0 bridgehead atoms. The normalized spacial score (nSPS) is 30.3. The first-order valence-electron chi connectivity index (χ1n) is 9.75. The fourth-order valence-corrected chi connectivity index (χ4v) is 5.21. The van der Waals surface area contributed by atoms with Gasteiger partial charge in [-0.2, -0.15) is 0 Å².